The number of halogens is 1. The number of carbonyl (C=O) groups is 1. The molecule has 0 aliphatic carbocycles. The van der Waals surface area contributed by atoms with Crippen molar-refractivity contribution in [1.82, 2.24) is 14.5 Å². The Morgan fingerprint density at radius 1 is 0.976 bits per heavy atom. The molecule has 5 rings (SSSR count). The quantitative estimate of drug-likeness (QED) is 0.274. The summed E-state index contributed by atoms with van der Waals surface area (Å²) >= 11 is 0. The fraction of sp³-hybridized carbons (Fsp3) is 0.303. The molecule has 4 aromatic rings. The summed E-state index contributed by atoms with van der Waals surface area (Å²) in [6.45, 7) is 9.46. The minimum atomic E-state index is -0.629. The van der Waals surface area contributed by atoms with Crippen molar-refractivity contribution in [3.05, 3.63) is 106 Å². The van der Waals surface area contributed by atoms with Crippen LogP contribution in [0.1, 0.15) is 55.1 Å². The second-order valence-corrected chi connectivity index (χ2v) is 11.6. The Morgan fingerprint density at radius 2 is 1.66 bits per heavy atom. The lowest BCUT2D eigenvalue weighted by Crippen LogP contribution is -2.22. The third-order valence-electron chi connectivity index (χ3n) is 7.43. The van der Waals surface area contributed by atoms with Crippen LogP contribution in [0.2, 0.25) is 0 Å². The van der Waals surface area contributed by atoms with Crippen LogP contribution in [0.5, 0.6) is 0 Å². The lowest BCUT2D eigenvalue weighted by Gasteiger charge is -2.19. The minimum absolute atomic E-state index is 0.0335. The Hall–Kier alpha value is -4.30. The molecule has 0 saturated carbocycles. The summed E-state index contributed by atoms with van der Waals surface area (Å²) in [5.41, 5.74) is 3.56. The number of nitrogens with zero attached hydrogens (tertiary/aromatic N) is 3. The number of hydrogen-bond donors (Lipinski definition) is 2. The van der Waals surface area contributed by atoms with Gasteiger partial charge in [0, 0.05) is 36.6 Å². The molecule has 1 amide bonds. The summed E-state index contributed by atoms with van der Waals surface area (Å²) < 4.78 is 17.1. The molecule has 2 N–H and O–H groups in total. The van der Waals surface area contributed by atoms with Gasteiger partial charge in [-0.05, 0) is 78.9 Å². The molecule has 2 heterocycles. The van der Waals surface area contributed by atoms with Crippen molar-refractivity contribution in [3.8, 4) is 11.3 Å². The van der Waals surface area contributed by atoms with Crippen molar-refractivity contribution in [2.24, 2.45) is 7.05 Å². The number of likely N-dealkylation sites (tertiary alicyclic amines) is 1. The highest BCUT2D eigenvalue weighted by Crippen LogP contribution is 2.28. The molecule has 0 bridgehead atoms. The first-order valence-electron chi connectivity index (χ1n) is 14.0. The smallest absolute Gasteiger partial charge is 0.293 e. The first kappa shape index (κ1) is 28.2. The molecular formula is C33H36FN5O2. The van der Waals surface area contributed by atoms with Gasteiger partial charge in [0.25, 0.3) is 11.5 Å². The molecule has 0 radical (unpaired) electrons. The van der Waals surface area contributed by atoms with Gasteiger partial charge in [0.1, 0.15) is 0 Å². The molecule has 1 saturated heterocycles. The van der Waals surface area contributed by atoms with E-state index in [0.717, 1.165) is 30.9 Å². The molecule has 1 aliphatic heterocycles. The van der Waals surface area contributed by atoms with E-state index >= 15 is 4.39 Å². The lowest BCUT2D eigenvalue weighted by molar-refractivity contribution is 0.102. The van der Waals surface area contributed by atoms with E-state index in [9.17, 15) is 9.59 Å². The number of amides is 1. The van der Waals surface area contributed by atoms with Crippen LogP contribution in [0.4, 0.5) is 21.6 Å². The molecule has 41 heavy (non-hydrogen) atoms. The third-order valence-corrected chi connectivity index (χ3v) is 7.43. The van der Waals surface area contributed by atoms with E-state index in [1.54, 1.807) is 31.3 Å². The second-order valence-electron chi connectivity index (χ2n) is 11.6. The zero-order chi connectivity index (χ0) is 29.1. The van der Waals surface area contributed by atoms with Gasteiger partial charge in [-0.25, -0.2) is 9.37 Å². The Kier molecular flexibility index (Phi) is 8.03. The van der Waals surface area contributed by atoms with Crippen molar-refractivity contribution >= 4 is 23.1 Å². The molecular weight excluding hydrogens is 517 g/mol. The number of aryl methyl sites for hydroxylation is 1. The first-order valence-corrected chi connectivity index (χ1v) is 14.0. The van der Waals surface area contributed by atoms with E-state index in [0.29, 0.717) is 5.56 Å². The Labute approximate surface area is 240 Å². The predicted molar refractivity (Wildman–Crippen MR) is 162 cm³/mol. The Balaban J connectivity index is 1.35. The molecule has 1 fully saturated rings. The lowest BCUT2D eigenvalue weighted by atomic mass is 9.87. The molecule has 0 spiro atoms. The maximum Gasteiger partial charge on any atom is 0.293 e. The van der Waals surface area contributed by atoms with E-state index in [2.05, 4.69) is 41.3 Å². The summed E-state index contributed by atoms with van der Waals surface area (Å²) in [5, 5.41) is 5.77. The summed E-state index contributed by atoms with van der Waals surface area (Å²) in [4.78, 5) is 32.7. The van der Waals surface area contributed by atoms with Crippen molar-refractivity contribution in [2.75, 3.05) is 23.7 Å². The van der Waals surface area contributed by atoms with Crippen LogP contribution in [-0.2, 0) is 19.0 Å². The maximum absolute atomic E-state index is 15.7. The highest BCUT2D eigenvalue weighted by molar-refractivity contribution is 6.04. The number of rotatable bonds is 7. The van der Waals surface area contributed by atoms with Crippen molar-refractivity contribution < 1.29 is 9.18 Å². The highest BCUT2D eigenvalue weighted by atomic mass is 19.1. The fourth-order valence-electron chi connectivity index (χ4n) is 4.99. The molecule has 212 valence electrons. The predicted octanol–water partition coefficient (Wildman–Crippen LogP) is 6.48. The number of anilines is 3. The van der Waals surface area contributed by atoms with Crippen LogP contribution >= 0.6 is 0 Å². The topological polar surface area (TPSA) is 79.3 Å². The summed E-state index contributed by atoms with van der Waals surface area (Å²) in [7, 11) is 1.60. The van der Waals surface area contributed by atoms with Gasteiger partial charge in [0.15, 0.2) is 11.6 Å². The van der Waals surface area contributed by atoms with E-state index < -0.39 is 11.7 Å². The second kappa shape index (κ2) is 11.7. The summed E-state index contributed by atoms with van der Waals surface area (Å²) in [5.74, 6) is -0.953. The molecule has 1 aromatic heterocycles. The number of nitrogens with one attached hydrogen (secondary N) is 2. The van der Waals surface area contributed by atoms with Crippen molar-refractivity contribution in [2.45, 2.75) is 45.6 Å². The van der Waals surface area contributed by atoms with Crippen LogP contribution in [0.25, 0.3) is 11.3 Å². The standard InChI is InChI=1S/C33H36FN5O2/c1-33(2,3)24-14-12-23(13-15-24)31(40)37-27-9-7-8-26(29(27)34)28-21-38(4)32(41)30(36-28)35-25-16-10-22(11-17-25)20-39-18-5-6-19-39/h7-17,21H,5-6,18-20H2,1-4H3,(H,35,36)(H,37,40). The van der Waals surface area contributed by atoms with Crippen LogP contribution < -0.4 is 16.2 Å². The summed E-state index contributed by atoms with van der Waals surface area (Å²) in [6.07, 6.45) is 3.97. The van der Waals surface area contributed by atoms with Gasteiger partial charge in [-0.3, -0.25) is 14.5 Å². The Morgan fingerprint density at radius 3 is 2.32 bits per heavy atom. The van der Waals surface area contributed by atoms with Crippen LogP contribution in [-0.4, -0.2) is 33.4 Å². The molecule has 0 unspecified atom stereocenters. The van der Waals surface area contributed by atoms with Crippen molar-refractivity contribution in [1.29, 1.82) is 0 Å². The maximum atomic E-state index is 15.7. The average Bonchev–Trinajstić information content (AvgIpc) is 3.46. The van der Waals surface area contributed by atoms with Gasteiger partial charge < -0.3 is 15.2 Å². The van der Waals surface area contributed by atoms with Gasteiger partial charge in [-0.1, -0.05) is 51.1 Å². The van der Waals surface area contributed by atoms with Gasteiger partial charge >= 0.3 is 0 Å². The Bertz CT molecular complexity index is 1600. The van der Waals surface area contributed by atoms with E-state index in [1.807, 2.05) is 36.4 Å². The molecule has 1 aliphatic rings. The first-order chi connectivity index (χ1) is 19.6. The molecule has 8 heteroatoms. The van der Waals surface area contributed by atoms with Crippen LogP contribution in [0.3, 0.4) is 0 Å². The number of benzene rings is 3. The molecule has 0 atom stereocenters. The van der Waals surface area contributed by atoms with Gasteiger partial charge in [-0.2, -0.15) is 0 Å². The van der Waals surface area contributed by atoms with E-state index in [4.69, 9.17) is 0 Å². The van der Waals surface area contributed by atoms with Gasteiger partial charge in [0.2, 0.25) is 0 Å². The van der Waals surface area contributed by atoms with E-state index in [1.165, 1.54) is 35.2 Å². The normalized spacial score (nSPS) is 13.8. The average molecular weight is 554 g/mol. The largest absolute Gasteiger partial charge is 0.336 e. The highest BCUT2D eigenvalue weighted by Gasteiger charge is 2.18. The zero-order valence-electron chi connectivity index (χ0n) is 24.0. The monoisotopic (exact) mass is 553 g/mol. The van der Waals surface area contributed by atoms with Gasteiger partial charge in [0.05, 0.1) is 11.4 Å². The molecule has 3 aromatic carbocycles. The third kappa shape index (κ3) is 6.55. The SMILES string of the molecule is Cn1cc(-c2cccc(NC(=O)c3ccc(C(C)(C)C)cc3)c2F)nc(Nc2ccc(CN3CCCC3)cc2)c1=O. The van der Waals surface area contributed by atoms with Gasteiger partial charge in [-0.15, -0.1) is 0 Å². The van der Waals surface area contributed by atoms with Crippen LogP contribution in [0, 0.1) is 5.82 Å². The number of carbonyl (C=O) groups excluding carboxylic acids is 1. The molecule has 7 nitrogen and oxygen atoms in total. The number of hydrogen-bond acceptors (Lipinski definition) is 5. The fourth-order valence-corrected chi connectivity index (χ4v) is 4.99. The minimum Gasteiger partial charge on any atom is -0.336 e. The van der Waals surface area contributed by atoms with Crippen molar-refractivity contribution in [3.63, 3.8) is 0 Å². The van der Waals surface area contributed by atoms with Crippen LogP contribution in [0.15, 0.2) is 77.7 Å². The van der Waals surface area contributed by atoms with E-state index in [-0.39, 0.29) is 33.7 Å². The summed E-state index contributed by atoms with van der Waals surface area (Å²) in [6, 6.07) is 19.9. The number of aromatic nitrogens is 2. The zero-order valence-corrected chi connectivity index (χ0v) is 24.0.